The summed E-state index contributed by atoms with van der Waals surface area (Å²) in [6, 6.07) is 11.1. The summed E-state index contributed by atoms with van der Waals surface area (Å²) in [5.74, 6) is 1.12. The Balaban J connectivity index is 1.98. The van der Waals surface area contributed by atoms with Gasteiger partial charge in [-0.1, -0.05) is 37.1 Å². The number of carbonyl (C=O) groups excluding carboxylic acids is 1. The number of anilines is 1. The van der Waals surface area contributed by atoms with E-state index in [1.54, 1.807) is 18.2 Å². The molecule has 0 unspecified atom stereocenters. The van der Waals surface area contributed by atoms with Crippen molar-refractivity contribution in [1.29, 1.82) is 0 Å². The molecule has 0 aliphatic carbocycles. The summed E-state index contributed by atoms with van der Waals surface area (Å²) in [5, 5.41) is 3.41. The zero-order valence-electron chi connectivity index (χ0n) is 15.3. The number of nitrogens with one attached hydrogen (secondary N) is 1. The van der Waals surface area contributed by atoms with Crippen LogP contribution >= 0.6 is 11.6 Å². The number of rotatable bonds is 8. The maximum atomic E-state index is 12.2. The van der Waals surface area contributed by atoms with Gasteiger partial charge in [0.2, 0.25) is 5.91 Å². The van der Waals surface area contributed by atoms with E-state index in [1.807, 2.05) is 31.2 Å². The normalized spacial score (nSPS) is 10.8. The Morgan fingerprint density at radius 1 is 1.23 bits per heavy atom. The fourth-order valence-corrected chi connectivity index (χ4v) is 2.44. The van der Waals surface area contributed by atoms with Gasteiger partial charge in [-0.15, -0.1) is 0 Å². The van der Waals surface area contributed by atoms with Gasteiger partial charge in [-0.2, -0.15) is 0 Å². The number of amides is 1. The lowest BCUT2D eigenvalue weighted by molar-refractivity contribution is -0.111. The molecule has 0 heterocycles. The van der Waals surface area contributed by atoms with Gasteiger partial charge in [-0.25, -0.2) is 0 Å². The molecule has 0 aromatic heterocycles. The highest BCUT2D eigenvalue weighted by Gasteiger charge is 2.08. The molecule has 2 rings (SSSR count). The van der Waals surface area contributed by atoms with Crippen molar-refractivity contribution in [3.8, 4) is 11.5 Å². The zero-order valence-corrected chi connectivity index (χ0v) is 16.1. The van der Waals surface area contributed by atoms with Crippen molar-refractivity contribution in [2.45, 2.75) is 26.7 Å². The first-order valence-corrected chi connectivity index (χ1v) is 8.97. The molecule has 1 amide bonds. The lowest BCUT2D eigenvalue weighted by Crippen LogP contribution is -2.09. The van der Waals surface area contributed by atoms with Crippen LogP contribution in [0.25, 0.3) is 6.08 Å². The Hall–Kier alpha value is -2.46. The van der Waals surface area contributed by atoms with Gasteiger partial charge in [0, 0.05) is 17.2 Å². The Morgan fingerprint density at radius 3 is 2.62 bits per heavy atom. The van der Waals surface area contributed by atoms with Crippen LogP contribution in [0.15, 0.2) is 42.5 Å². The topological polar surface area (TPSA) is 47.6 Å². The molecule has 2 aromatic carbocycles. The minimum atomic E-state index is -0.242. The summed E-state index contributed by atoms with van der Waals surface area (Å²) in [6.07, 6.45) is 5.38. The molecule has 2 aromatic rings. The van der Waals surface area contributed by atoms with Crippen LogP contribution in [-0.2, 0) is 4.79 Å². The molecule has 0 aliphatic heterocycles. The number of aryl methyl sites for hydroxylation is 1. The third-order valence-electron chi connectivity index (χ3n) is 3.81. The van der Waals surface area contributed by atoms with E-state index in [1.165, 1.54) is 13.2 Å². The first kappa shape index (κ1) is 19.9. The first-order chi connectivity index (χ1) is 12.5. The maximum Gasteiger partial charge on any atom is 0.248 e. The Labute approximate surface area is 159 Å². The van der Waals surface area contributed by atoms with Gasteiger partial charge in [-0.05, 0) is 48.7 Å². The van der Waals surface area contributed by atoms with Gasteiger partial charge in [0.25, 0.3) is 0 Å². The predicted octanol–water partition coefficient (Wildman–Crippen LogP) is 5.49. The number of hydrogen-bond donors (Lipinski definition) is 1. The van der Waals surface area contributed by atoms with Crippen LogP contribution in [0.1, 0.15) is 30.9 Å². The summed E-state index contributed by atoms with van der Waals surface area (Å²) in [5.41, 5.74) is 2.37. The third-order valence-corrected chi connectivity index (χ3v) is 4.22. The predicted molar refractivity (Wildman–Crippen MR) is 107 cm³/mol. The van der Waals surface area contributed by atoms with E-state index in [0.717, 1.165) is 36.3 Å². The summed E-state index contributed by atoms with van der Waals surface area (Å²) >= 11 is 6.08. The molecule has 0 spiro atoms. The second-order valence-electron chi connectivity index (χ2n) is 5.90. The number of methoxy groups -OCH3 is 1. The number of carbonyl (C=O) groups is 1. The number of ether oxygens (including phenoxy) is 2. The molecule has 5 heteroatoms. The van der Waals surface area contributed by atoms with Crippen molar-refractivity contribution < 1.29 is 14.3 Å². The first-order valence-electron chi connectivity index (χ1n) is 8.59. The highest BCUT2D eigenvalue weighted by atomic mass is 35.5. The SMILES string of the molecule is CCCCOc1ccc(/C=C/C(=O)Nc2cc(C)c(Cl)cc2OC)cc1. The molecule has 4 nitrogen and oxygen atoms in total. The monoisotopic (exact) mass is 373 g/mol. The largest absolute Gasteiger partial charge is 0.495 e. The van der Waals surface area contributed by atoms with Gasteiger partial charge in [0.1, 0.15) is 11.5 Å². The molecule has 0 radical (unpaired) electrons. The molecule has 26 heavy (non-hydrogen) atoms. The molecule has 0 fully saturated rings. The van der Waals surface area contributed by atoms with Crippen molar-refractivity contribution in [1.82, 2.24) is 0 Å². The van der Waals surface area contributed by atoms with E-state index in [9.17, 15) is 4.79 Å². The molecule has 1 N–H and O–H groups in total. The summed E-state index contributed by atoms with van der Waals surface area (Å²) < 4.78 is 10.9. The quantitative estimate of drug-likeness (QED) is 0.491. The molecule has 0 bridgehead atoms. The number of hydrogen-bond acceptors (Lipinski definition) is 3. The Kier molecular flexibility index (Phi) is 7.54. The summed E-state index contributed by atoms with van der Waals surface area (Å²) in [7, 11) is 1.54. The van der Waals surface area contributed by atoms with Gasteiger partial charge in [0.05, 0.1) is 19.4 Å². The standard InChI is InChI=1S/C21H24ClNO3/c1-4-5-12-26-17-9-6-16(7-10-17)8-11-21(24)23-19-13-15(2)18(22)14-20(19)25-3/h6-11,13-14H,4-5,12H2,1-3H3,(H,23,24)/b11-8+. The molecule has 0 saturated carbocycles. The van der Waals surface area contributed by atoms with Crippen LogP contribution < -0.4 is 14.8 Å². The van der Waals surface area contributed by atoms with Crippen molar-refractivity contribution in [2.24, 2.45) is 0 Å². The van der Waals surface area contributed by atoms with Gasteiger partial charge >= 0.3 is 0 Å². The number of halogens is 1. The average molecular weight is 374 g/mol. The highest BCUT2D eigenvalue weighted by molar-refractivity contribution is 6.31. The second-order valence-corrected chi connectivity index (χ2v) is 6.30. The second kappa shape index (κ2) is 9.88. The molecule has 138 valence electrons. The lowest BCUT2D eigenvalue weighted by Gasteiger charge is -2.11. The highest BCUT2D eigenvalue weighted by Crippen LogP contribution is 2.30. The summed E-state index contributed by atoms with van der Waals surface area (Å²) in [6.45, 7) is 4.72. The fourth-order valence-electron chi connectivity index (χ4n) is 2.29. The number of unbranched alkanes of at least 4 members (excludes halogenated alkanes) is 1. The molecule has 0 aliphatic rings. The minimum absolute atomic E-state index is 0.242. The van der Waals surface area contributed by atoms with E-state index in [2.05, 4.69) is 12.2 Å². The van der Waals surface area contributed by atoms with Crippen LogP contribution in [-0.4, -0.2) is 19.6 Å². The van der Waals surface area contributed by atoms with Gasteiger partial charge in [-0.3, -0.25) is 4.79 Å². The smallest absolute Gasteiger partial charge is 0.248 e. The fraction of sp³-hybridized carbons (Fsp3) is 0.286. The van der Waals surface area contributed by atoms with E-state index in [4.69, 9.17) is 21.1 Å². The van der Waals surface area contributed by atoms with E-state index >= 15 is 0 Å². The minimum Gasteiger partial charge on any atom is -0.495 e. The van der Waals surface area contributed by atoms with E-state index < -0.39 is 0 Å². The molecular weight excluding hydrogens is 350 g/mol. The third kappa shape index (κ3) is 5.81. The van der Waals surface area contributed by atoms with Crippen LogP contribution in [0.4, 0.5) is 5.69 Å². The van der Waals surface area contributed by atoms with Crippen molar-refractivity contribution in [2.75, 3.05) is 19.0 Å². The van der Waals surface area contributed by atoms with E-state index in [-0.39, 0.29) is 5.91 Å². The van der Waals surface area contributed by atoms with E-state index in [0.29, 0.717) is 16.5 Å². The Bertz CT molecular complexity index is 770. The summed E-state index contributed by atoms with van der Waals surface area (Å²) in [4.78, 5) is 12.2. The lowest BCUT2D eigenvalue weighted by atomic mass is 10.2. The molecular formula is C21H24ClNO3. The average Bonchev–Trinajstić information content (AvgIpc) is 2.64. The molecule has 0 atom stereocenters. The van der Waals surface area contributed by atoms with Gasteiger partial charge in [0.15, 0.2) is 0 Å². The van der Waals surface area contributed by atoms with Crippen molar-refractivity contribution in [3.05, 3.63) is 58.6 Å². The Morgan fingerprint density at radius 2 is 1.96 bits per heavy atom. The zero-order chi connectivity index (χ0) is 18.9. The number of benzene rings is 2. The van der Waals surface area contributed by atoms with Crippen LogP contribution in [0.2, 0.25) is 5.02 Å². The molecule has 0 saturated heterocycles. The van der Waals surface area contributed by atoms with Crippen LogP contribution in [0.5, 0.6) is 11.5 Å². The van der Waals surface area contributed by atoms with Crippen molar-refractivity contribution >= 4 is 29.3 Å². The van der Waals surface area contributed by atoms with Gasteiger partial charge < -0.3 is 14.8 Å². The van der Waals surface area contributed by atoms with Crippen LogP contribution in [0.3, 0.4) is 0 Å². The van der Waals surface area contributed by atoms with Crippen LogP contribution in [0, 0.1) is 6.92 Å². The van der Waals surface area contributed by atoms with Crippen molar-refractivity contribution in [3.63, 3.8) is 0 Å². The maximum absolute atomic E-state index is 12.2.